The lowest BCUT2D eigenvalue weighted by atomic mass is 10.1. The van der Waals surface area contributed by atoms with Crippen molar-refractivity contribution in [3.63, 3.8) is 0 Å². The van der Waals surface area contributed by atoms with Gasteiger partial charge < -0.3 is 14.7 Å². The number of ketones is 1. The van der Waals surface area contributed by atoms with Crippen molar-refractivity contribution < 1.29 is 19.4 Å². The van der Waals surface area contributed by atoms with Gasteiger partial charge >= 0.3 is 0 Å². The quantitative estimate of drug-likeness (QED) is 0.244. The van der Waals surface area contributed by atoms with E-state index in [9.17, 15) is 14.7 Å². The highest BCUT2D eigenvalue weighted by atomic mass is 32.1. The number of morpholine rings is 1. The van der Waals surface area contributed by atoms with Crippen molar-refractivity contribution in [1.29, 1.82) is 0 Å². The number of aromatic nitrogens is 3. The summed E-state index contributed by atoms with van der Waals surface area (Å²) >= 11 is 1.64. The maximum absolute atomic E-state index is 12.7. The summed E-state index contributed by atoms with van der Waals surface area (Å²) in [4.78, 5) is 37.6. The predicted octanol–water partition coefficient (Wildman–Crippen LogP) is 6.09. The highest BCUT2D eigenvalue weighted by molar-refractivity contribution is 7.22. The summed E-state index contributed by atoms with van der Waals surface area (Å²) in [7, 11) is 0. The molecule has 1 N–H and O–H groups in total. The summed E-state index contributed by atoms with van der Waals surface area (Å²) in [6, 6.07) is 15.2. The monoisotopic (exact) mass is 552 g/mol. The van der Waals surface area contributed by atoms with Gasteiger partial charge in [0.15, 0.2) is 17.4 Å². The molecule has 1 aliphatic rings. The first-order chi connectivity index (χ1) is 19.5. The fourth-order valence-electron chi connectivity index (χ4n) is 4.89. The van der Waals surface area contributed by atoms with Crippen molar-refractivity contribution in [3.05, 3.63) is 73.1 Å². The van der Waals surface area contributed by atoms with Crippen LogP contribution in [0.3, 0.4) is 0 Å². The van der Waals surface area contributed by atoms with Crippen LogP contribution in [0.4, 0.5) is 5.82 Å². The molecule has 202 valence electrons. The van der Waals surface area contributed by atoms with Crippen molar-refractivity contribution in [2.45, 2.75) is 19.8 Å². The van der Waals surface area contributed by atoms with Crippen LogP contribution in [0.15, 0.2) is 73.1 Å². The van der Waals surface area contributed by atoms with Gasteiger partial charge in [0.25, 0.3) is 0 Å². The van der Waals surface area contributed by atoms with Gasteiger partial charge in [0.05, 0.1) is 23.4 Å². The summed E-state index contributed by atoms with van der Waals surface area (Å²) < 4.78 is 8.15. The Bertz CT molecular complexity index is 1760. The molecule has 1 fully saturated rings. The number of nitrogens with zero attached hydrogens (tertiary/aromatic N) is 4. The number of carbonyl (C=O) groups excluding carboxylic acids is 2. The molecule has 4 heterocycles. The number of thiophene rings is 1. The van der Waals surface area contributed by atoms with Gasteiger partial charge in [0, 0.05) is 54.2 Å². The van der Waals surface area contributed by atoms with Crippen molar-refractivity contribution in [2.75, 3.05) is 31.2 Å². The molecule has 5 aromatic rings. The maximum atomic E-state index is 12.7. The Balaban J connectivity index is 1.36. The lowest BCUT2D eigenvalue weighted by Gasteiger charge is -2.28. The molecule has 2 aromatic carbocycles. The number of aromatic hydroxyl groups is 1. The number of carbonyl (C=O) groups is 2. The zero-order chi connectivity index (χ0) is 27.6. The van der Waals surface area contributed by atoms with E-state index < -0.39 is 0 Å². The lowest BCUT2D eigenvalue weighted by molar-refractivity contribution is -0.114. The summed E-state index contributed by atoms with van der Waals surface area (Å²) in [5.41, 5.74) is 2.62. The SMILES string of the molecule is C/C=C/C(=O)CCC(=O)n1cc2ccc(-c3cc4nc(-c5cccc(O)c5)nc(N5CCOCC5)c4s3)cc2c1. The highest BCUT2D eigenvalue weighted by Gasteiger charge is 2.21. The molecule has 0 atom stereocenters. The Morgan fingerprint density at radius 1 is 1.00 bits per heavy atom. The van der Waals surface area contributed by atoms with E-state index in [1.807, 2.05) is 24.5 Å². The van der Waals surface area contributed by atoms with Crippen molar-refractivity contribution >= 4 is 49.8 Å². The minimum Gasteiger partial charge on any atom is -0.508 e. The Kier molecular flexibility index (Phi) is 7.15. The van der Waals surface area contributed by atoms with Crippen LogP contribution in [-0.4, -0.2) is 57.6 Å². The number of ether oxygens (including phenoxy) is 1. The maximum Gasteiger partial charge on any atom is 0.231 e. The zero-order valence-electron chi connectivity index (χ0n) is 22.0. The molecule has 8 nitrogen and oxygen atoms in total. The third kappa shape index (κ3) is 5.25. The first-order valence-corrected chi connectivity index (χ1v) is 14.0. The van der Waals surface area contributed by atoms with Gasteiger partial charge in [-0.05, 0) is 48.2 Å². The molecule has 0 amide bonds. The number of phenolic OH excluding ortho intramolecular Hbond substituents is 1. The Morgan fingerprint density at radius 2 is 1.82 bits per heavy atom. The standard InChI is InChI=1S/C31H28N4O4S/c1-2-4-24(36)9-10-28(38)35-18-22-8-7-20(15-23(22)19-35)27-17-26-29(40-27)31(34-11-13-39-14-12-34)33-30(32-26)21-5-3-6-25(37)16-21/h2-8,15-19,37H,9-14H2,1H3/b4-2+. The molecule has 0 unspecified atom stereocenters. The number of anilines is 1. The number of allylic oxidation sites excluding steroid dienone is 2. The third-order valence-electron chi connectivity index (χ3n) is 6.92. The summed E-state index contributed by atoms with van der Waals surface area (Å²) in [5, 5.41) is 11.9. The van der Waals surface area contributed by atoms with Crippen LogP contribution in [-0.2, 0) is 9.53 Å². The number of hydrogen-bond acceptors (Lipinski definition) is 8. The van der Waals surface area contributed by atoms with Crippen LogP contribution < -0.4 is 4.90 Å². The van der Waals surface area contributed by atoms with Gasteiger partial charge in [-0.3, -0.25) is 14.2 Å². The molecule has 0 bridgehead atoms. The molecule has 0 saturated carbocycles. The number of phenols is 1. The second-order valence-corrected chi connectivity index (χ2v) is 10.8. The Labute approximate surface area is 235 Å². The molecule has 9 heteroatoms. The molecule has 1 saturated heterocycles. The van der Waals surface area contributed by atoms with E-state index in [-0.39, 0.29) is 30.3 Å². The average Bonchev–Trinajstić information content (AvgIpc) is 3.60. The van der Waals surface area contributed by atoms with Crippen LogP contribution in [0, 0.1) is 0 Å². The van der Waals surface area contributed by atoms with Crippen LogP contribution in [0.2, 0.25) is 0 Å². The second kappa shape index (κ2) is 11.0. The zero-order valence-corrected chi connectivity index (χ0v) is 22.9. The molecule has 6 rings (SSSR count). The van der Waals surface area contributed by atoms with E-state index in [4.69, 9.17) is 14.7 Å². The average molecular weight is 553 g/mol. The molecule has 40 heavy (non-hydrogen) atoms. The van der Waals surface area contributed by atoms with Gasteiger partial charge in [0.1, 0.15) is 5.75 Å². The first-order valence-electron chi connectivity index (χ1n) is 13.2. The largest absolute Gasteiger partial charge is 0.508 e. The lowest BCUT2D eigenvalue weighted by Crippen LogP contribution is -2.36. The van der Waals surface area contributed by atoms with Crippen molar-refractivity contribution in [3.8, 4) is 27.6 Å². The number of hydrogen-bond donors (Lipinski definition) is 1. The smallest absolute Gasteiger partial charge is 0.231 e. The van der Waals surface area contributed by atoms with Crippen LogP contribution >= 0.6 is 11.3 Å². The van der Waals surface area contributed by atoms with E-state index in [1.54, 1.807) is 47.1 Å². The van der Waals surface area contributed by atoms with E-state index in [0.29, 0.717) is 19.0 Å². The molecule has 0 aliphatic carbocycles. The topological polar surface area (TPSA) is 97.5 Å². The molecule has 1 aliphatic heterocycles. The summed E-state index contributed by atoms with van der Waals surface area (Å²) in [6.07, 6.45) is 7.19. The van der Waals surface area contributed by atoms with Crippen molar-refractivity contribution in [2.24, 2.45) is 0 Å². The van der Waals surface area contributed by atoms with Crippen LogP contribution in [0.25, 0.3) is 42.8 Å². The van der Waals surface area contributed by atoms with Crippen LogP contribution in [0.5, 0.6) is 5.75 Å². The minimum absolute atomic E-state index is 0.0496. The molecule has 3 aromatic heterocycles. The fourth-order valence-corrected chi connectivity index (χ4v) is 6.00. The van der Waals surface area contributed by atoms with Gasteiger partial charge in [-0.15, -0.1) is 11.3 Å². The number of fused-ring (bicyclic) bond motifs is 2. The highest BCUT2D eigenvalue weighted by Crippen LogP contribution is 2.39. The minimum atomic E-state index is -0.109. The normalized spacial score (nSPS) is 14.0. The van der Waals surface area contributed by atoms with Gasteiger partial charge in [-0.25, -0.2) is 9.97 Å². The summed E-state index contributed by atoms with van der Waals surface area (Å²) in [6.45, 7) is 4.55. The van der Waals surface area contributed by atoms with E-state index in [0.717, 1.165) is 55.9 Å². The first kappa shape index (κ1) is 25.9. The number of rotatable bonds is 7. The Morgan fingerprint density at radius 3 is 2.62 bits per heavy atom. The second-order valence-electron chi connectivity index (χ2n) is 9.71. The van der Waals surface area contributed by atoms with E-state index in [2.05, 4.69) is 23.1 Å². The molecule has 0 spiro atoms. The number of benzene rings is 2. The third-order valence-corrected chi connectivity index (χ3v) is 8.09. The van der Waals surface area contributed by atoms with Gasteiger partial charge in [-0.2, -0.15) is 0 Å². The van der Waals surface area contributed by atoms with Gasteiger partial charge in [-0.1, -0.05) is 30.3 Å². The van der Waals surface area contributed by atoms with Crippen LogP contribution in [0.1, 0.15) is 24.6 Å². The molecular weight excluding hydrogens is 524 g/mol. The predicted molar refractivity (Wildman–Crippen MR) is 158 cm³/mol. The van der Waals surface area contributed by atoms with Gasteiger partial charge in [0.2, 0.25) is 5.91 Å². The Hall–Kier alpha value is -4.34. The molecular formula is C31H28N4O4S. The van der Waals surface area contributed by atoms with Crippen molar-refractivity contribution in [1.82, 2.24) is 14.5 Å². The molecule has 0 radical (unpaired) electrons. The summed E-state index contributed by atoms with van der Waals surface area (Å²) in [5.74, 6) is 1.44. The van der Waals surface area contributed by atoms with E-state index in [1.165, 1.54) is 6.08 Å². The van der Waals surface area contributed by atoms with E-state index >= 15 is 0 Å². The fraction of sp³-hybridized carbons (Fsp3) is 0.226.